The molecule has 0 aliphatic carbocycles. The second-order valence-corrected chi connectivity index (χ2v) is 6.72. The molecule has 0 radical (unpaired) electrons. The standard InChI is InChI=1S/C21H19ClN4O/c1-14-19(20(22)26(25-14)16-7-3-2-4-8-16)21(27)23-12-11-15-13-24-18-10-6-5-9-17(15)18/h2-10,13,24H,11-12H2,1H3,(H,23,27). The average Bonchev–Trinajstić information content (AvgIpc) is 3.23. The van der Waals surface area contributed by atoms with Crippen molar-refractivity contribution in [3.8, 4) is 5.69 Å². The third-order valence-electron chi connectivity index (χ3n) is 4.59. The first kappa shape index (κ1) is 17.4. The lowest BCUT2D eigenvalue weighted by Gasteiger charge is -2.05. The van der Waals surface area contributed by atoms with E-state index in [9.17, 15) is 4.79 Å². The van der Waals surface area contributed by atoms with E-state index in [1.807, 2.05) is 54.7 Å². The van der Waals surface area contributed by atoms with Crippen LogP contribution in [0.15, 0.2) is 60.8 Å². The Morgan fingerprint density at radius 3 is 2.70 bits per heavy atom. The molecule has 0 unspecified atom stereocenters. The Kier molecular flexibility index (Phi) is 4.69. The highest BCUT2D eigenvalue weighted by Gasteiger charge is 2.20. The quantitative estimate of drug-likeness (QED) is 0.544. The number of benzene rings is 2. The summed E-state index contributed by atoms with van der Waals surface area (Å²) in [6.07, 6.45) is 2.72. The van der Waals surface area contributed by atoms with Gasteiger partial charge in [-0.25, -0.2) is 4.68 Å². The molecular formula is C21H19ClN4O. The van der Waals surface area contributed by atoms with Gasteiger partial charge >= 0.3 is 0 Å². The number of carbonyl (C=O) groups is 1. The molecule has 0 fully saturated rings. The maximum Gasteiger partial charge on any atom is 0.256 e. The van der Waals surface area contributed by atoms with Crippen LogP contribution in [0.2, 0.25) is 5.15 Å². The molecule has 0 atom stereocenters. The molecule has 0 saturated heterocycles. The van der Waals surface area contributed by atoms with E-state index in [4.69, 9.17) is 11.6 Å². The van der Waals surface area contributed by atoms with Crippen molar-refractivity contribution in [2.75, 3.05) is 6.54 Å². The summed E-state index contributed by atoms with van der Waals surface area (Å²) in [7, 11) is 0. The van der Waals surface area contributed by atoms with Crippen LogP contribution in [-0.2, 0) is 6.42 Å². The lowest BCUT2D eigenvalue weighted by molar-refractivity contribution is 0.0953. The van der Waals surface area contributed by atoms with Gasteiger partial charge in [0.15, 0.2) is 0 Å². The Hall–Kier alpha value is -3.05. The van der Waals surface area contributed by atoms with Crippen LogP contribution in [-0.4, -0.2) is 27.2 Å². The van der Waals surface area contributed by atoms with Crippen molar-refractivity contribution in [3.05, 3.63) is 82.8 Å². The van der Waals surface area contributed by atoms with E-state index >= 15 is 0 Å². The highest BCUT2D eigenvalue weighted by molar-refractivity contribution is 6.33. The number of halogens is 1. The molecular weight excluding hydrogens is 360 g/mol. The molecule has 0 saturated carbocycles. The summed E-state index contributed by atoms with van der Waals surface area (Å²) in [5.74, 6) is -0.209. The highest BCUT2D eigenvalue weighted by Crippen LogP contribution is 2.23. The summed E-state index contributed by atoms with van der Waals surface area (Å²) in [5.41, 5.74) is 4.12. The second-order valence-electron chi connectivity index (χ2n) is 6.36. The fraction of sp³-hybridized carbons (Fsp3) is 0.143. The van der Waals surface area contributed by atoms with E-state index in [2.05, 4.69) is 21.5 Å². The van der Waals surface area contributed by atoms with Crippen molar-refractivity contribution in [1.82, 2.24) is 20.1 Å². The van der Waals surface area contributed by atoms with Crippen molar-refractivity contribution in [1.29, 1.82) is 0 Å². The molecule has 4 rings (SSSR count). The van der Waals surface area contributed by atoms with Crippen LogP contribution in [0.4, 0.5) is 0 Å². The fourth-order valence-corrected chi connectivity index (χ4v) is 3.59. The molecule has 0 spiro atoms. The van der Waals surface area contributed by atoms with Gasteiger partial charge in [-0.3, -0.25) is 4.79 Å². The van der Waals surface area contributed by atoms with Gasteiger partial charge < -0.3 is 10.3 Å². The van der Waals surface area contributed by atoms with Crippen LogP contribution in [0.3, 0.4) is 0 Å². The number of aromatic amines is 1. The van der Waals surface area contributed by atoms with Gasteiger partial charge in [0.2, 0.25) is 0 Å². The van der Waals surface area contributed by atoms with Gasteiger partial charge in [-0.1, -0.05) is 48.0 Å². The summed E-state index contributed by atoms with van der Waals surface area (Å²) < 4.78 is 1.59. The Labute approximate surface area is 162 Å². The zero-order valence-electron chi connectivity index (χ0n) is 14.9. The third kappa shape index (κ3) is 3.34. The van der Waals surface area contributed by atoms with Crippen LogP contribution in [0.1, 0.15) is 21.6 Å². The van der Waals surface area contributed by atoms with Gasteiger partial charge in [0.25, 0.3) is 5.91 Å². The smallest absolute Gasteiger partial charge is 0.256 e. The van der Waals surface area contributed by atoms with E-state index < -0.39 is 0 Å². The zero-order valence-corrected chi connectivity index (χ0v) is 15.6. The zero-order chi connectivity index (χ0) is 18.8. The third-order valence-corrected chi connectivity index (χ3v) is 4.94. The summed E-state index contributed by atoms with van der Waals surface area (Å²) in [6.45, 7) is 2.31. The number of hydrogen-bond acceptors (Lipinski definition) is 2. The number of rotatable bonds is 5. The summed E-state index contributed by atoms with van der Waals surface area (Å²) in [5, 5.41) is 8.88. The number of nitrogens with one attached hydrogen (secondary N) is 2. The normalized spacial score (nSPS) is 11.0. The first-order valence-electron chi connectivity index (χ1n) is 8.79. The Balaban J connectivity index is 1.48. The molecule has 5 nitrogen and oxygen atoms in total. The van der Waals surface area contributed by atoms with Crippen molar-refractivity contribution in [2.24, 2.45) is 0 Å². The van der Waals surface area contributed by atoms with Gasteiger partial charge in [-0.2, -0.15) is 5.10 Å². The number of H-pyrrole nitrogens is 1. The van der Waals surface area contributed by atoms with Crippen LogP contribution >= 0.6 is 11.6 Å². The molecule has 0 aliphatic heterocycles. The first-order chi connectivity index (χ1) is 13.1. The minimum atomic E-state index is -0.209. The average molecular weight is 379 g/mol. The topological polar surface area (TPSA) is 62.7 Å². The van der Waals surface area contributed by atoms with Gasteiger partial charge in [0.1, 0.15) is 5.15 Å². The SMILES string of the molecule is Cc1nn(-c2ccccc2)c(Cl)c1C(=O)NCCc1c[nH]c2ccccc12. The van der Waals surface area contributed by atoms with Gasteiger partial charge in [-0.15, -0.1) is 0 Å². The van der Waals surface area contributed by atoms with E-state index in [1.165, 1.54) is 10.9 Å². The van der Waals surface area contributed by atoms with E-state index in [0.717, 1.165) is 17.6 Å². The largest absolute Gasteiger partial charge is 0.361 e. The minimum absolute atomic E-state index is 0.209. The van der Waals surface area contributed by atoms with Crippen molar-refractivity contribution in [3.63, 3.8) is 0 Å². The molecule has 1 amide bonds. The number of amides is 1. The number of nitrogens with zero attached hydrogens (tertiary/aromatic N) is 2. The minimum Gasteiger partial charge on any atom is -0.361 e. The first-order valence-corrected chi connectivity index (χ1v) is 9.16. The van der Waals surface area contributed by atoms with Crippen molar-refractivity contribution >= 4 is 28.4 Å². The highest BCUT2D eigenvalue weighted by atomic mass is 35.5. The van der Waals surface area contributed by atoms with Crippen molar-refractivity contribution < 1.29 is 4.79 Å². The van der Waals surface area contributed by atoms with E-state index in [1.54, 1.807) is 11.6 Å². The Bertz CT molecular complexity index is 1100. The van der Waals surface area contributed by atoms with Gasteiger partial charge in [0, 0.05) is 23.6 Å². The van der Waals surface area contributed by atoms with Crippen molar-refractivity contribution in [2.45, 2.75) is 13.3 Å². The Morgan fingerprint density at radius 1 is 1.15 bits per heavy atom. The summed E-state index contributed by atoms with van der Waals surface area (Å²) >= 11 is 6.45. The maximum atomic E-state index is 12.7. The molecule has 4 aromatic rings. The Morgan fingerprint density at radius 2 is 1.89 bits per heavy atom. The van der Waals surface area contributed by atoms with Crippen LogP contribution < -0.4 is 5.32 Å². The maximum absolute atomic E-state index is 12.7. The number of hydrogen-bond donors (Lipinski definition) is 2. The second kappa shape index (κ2) is 7.29. The van der Waals surface area contributed by atoms with E-state index in [-0.39, 0.29) is 5.91 Å². The molecule has 27 heavy (non-hydrogen) atoms. The number of aryl methyl sites for hydroxylation is 1. The number of para-hydroxylation sites is 2. The number of fused-ring (bicyclic) bond motifs is 1. The lowest BCUT2D eigenvalue weighted by Crippen LogP contribution is -2.26. The predicted molar refractivity (Wildman–Crippen MR) is 108 cm³/mol. The summed E-state index contributed by atoms with van der Waals surface area (Å²) in [6, 6.07) is 17.7. The molecule has 2 heterocycles. The lowest BCUT2D eigenvalue weighted by atomic mass is 10.1. The molecule has 136 valence electrons. The number of carbonyl (C=O) groups excluding carboxylic acids is 1. The molecule has 2 aromatic heterocycles. The predicted octanol–water partition coefficient (Wildman–Crippen LogP) is 4.29. The van der Waals surface area contributed by atoms with E-state index in [0.29, 0.717) is 23.0 Å². The van der Waals surface area contributed by atoms with Gasteiger partial charge in [-0.05, 0) is 37.1 Å². The molecule has 2 aromatic carbocycles. The number of aromatic nitrogens is 3. The summed E-state index contributed by atoms with van der Waals surface area (Å²) in [4.78, 5) is 15.9. The fourth-order valence-electron chi connectivity index (χ4n) is 3.23. The van der Waals surface area contributed by atoms with Crippen LogP contribution in [0, 0.1) is 6.92 Å². The monoisotopic (exact) mass is 378 g/mol. The molecule has 0 bridgehead atoms. The van der Waals surface area contributed by atoms with Crippen LogP contribution in [0.5, 0.6) is 0 Å². The molecule has 0 aliphatic rings. The van der Waals surface area contributed by atoms with Crippen LogP contribution in [0.25, 0.3) is 16.6 Å². The molecule has 6 heteroatoms. The van der Waals surface area contributed by atoms with Gasteiger partial charge in [0.05, 0.1) is 16.9 Å². The molecule has 2 N–H and O–H groups in total.